The molecule has 1 fully saturated rings. The van der Waals surface area contributed by atoms with Gasteiger partial charge in [-0.05, 0) is 23.8 Å². The lowest BCUT2D eigenvalue weighted by Gasteiger charge is -2.13. The zero-order valence-electron chi connectivity index (χ0n) is 8.07. The maximum Gasteiger partial charge on any atom is 0.410 e. The Balaban J connectivity index is 2.13. The van der Waals surface area contributed by atoms with Crippen molar-refractivity contribution in [2.75, 3.05) is 18.9 Å². The number of cyclic esters (lactones) is 1. The predicted molar refractivity (Wildman–Crippen MR) is 60.3 cm³/mol. The fourth-order valence-electron chi connectivity index (χ4n) is 1.56. The Morgan fingerprint density at radius 3 is 2.87 bits per heavy atom. The number of benzene rings is 1. The standard InChI is InChI=1S/C10H11BrN2O2/c11-8-3-7(4-9(12)5-8)6-13-1-2-15-10(13)14/h3-5H,1-2,6,12H2. The number of carbonyl (C=O) groups is 1. The molecule has 80 valence electrons. The SMILES string of the molecule is Nc1cc(Br)cc(CN2CCOC2=O)c1. The minimum absolute atomic E-state index is 0.256. The van der Waals surface area contributed by atoms with E-state index in [-0.39, 0.29) is 6.09 Å². The second-order valence-electron chi connectivity index (χ2n) is 3.43. The average molecular weight is 271 g/mol. The van der Waals surface area contributed by atoms with Crippen molar-refractivity contribution in [1.82, 2.24) is 4.90 Å². The van der Waals surface area contributed by atoms with Gasteiger partial charge in [-0.2, -0.15) is 0 Å². The highest BCUT2D eigenvalue weighted by atomic mass is 79.9. The molecule has 1 saturated heterocycles. The average Bonchev–Trinajstić information content (AvgIpc) is 2.50. The van der Waals surface area contributed by atoms with Gasteiger partial charge in [-0.15, -0.1) is 0 Å². The second-order valence-corrected chi connectivity index (χ2v) is 4.34. The number of halogens is 1. The third kappa shape index (κ3) is 2.41. The Morgan fingerprint density at radius 1 is 1.47 bits per heavy atom. The molecule has 1 aliphatic rings. The first kappa shape index (κ1) is 10.3. The van der Waals surface area contributed by atoms with Crippen molar-refractivity contribution >= 4 is 27.7 Å². The Kier molecular flexibility index (Phi) is 2.81. The van der Waals surface area contributed by atoms with E-state index in [1.54, 1.807) is 4.90 Å². The molecule has 2 N–H and O–H groups in total. The number of hydrogen-bond acceptors (Lipinski definition) is 3. The van der Waals surface area contributed by atoms with Crippen molar-refractivity contribution in [2.45, 2.75) is 6.54 Å². The van der Waals surface area contributed by atoms with Gasteiger partial charge in [0.1, 0.15) is 6.61 Å². The lowest BCUT2D eigenvalue weighted by molar-refractivity contribution is 0.157. The molecule has 1 aromatic rings. The number of nitrogens with two attached hydrogens (primary N) is 1. The molecule has 4 nitrogen and oxygen atoms in total. The molecule has 5 heteroatoms. The largest absolute Gasteiger partial charge is 0.448 e. The van der Waals surface area contributed by atoms with Gasteiger partial charge in [0.05, 0.1) is 6.54 Å². The summed E-state index contributed by atoms with van der Waals surface area (Å²) in [7, 11) is 0. The third-order valence-corrected chi connectivity index (χ3v) is 2.66. The number of rotatable bonds is 2. The van der Waals surface area contributed by atoms with Crippen LogP contribution < -0.4 is 5.73 Å². The van der Waals surface area contributed by atoms with Gasteiger partial charge in [0, 0.05) is 16.7 Å². The quantitative estimate of drug-likeness (QED) is 0.837. The topological polar surface area (TPSA) is 55.6 Å². The van der Waals surface area contributed by atoms with Crippen LogP contribution in [0, 0.1) is 0 Å². The maximum atomic E-state index is 11.2. The van der Waals surface area contributed by atoms with Crippen molar-refractivity contribution in [3.63, 3.8) is 0 Å². The van der Waals surface area contributed by atoms with Gasteiger partial charge in [0.25, 0.3) is 0 Å². The monoisotopic (exact) mass is 270 g/mol. The highest BCUT2D eigenvalue weighted by Gasteiger charge is 2.21. The van der Waals surface area contributed by atoms with Crippen LogP contribution in [0.1, 0.15) is 5.56 Å². The van der Waals surface area contributed by atoms with Crippen LogP contribution in [-0.2, 0) is 11.3 Å². The minimum atomic E-state index is -0.256. The normalized spacial score (nSPS) is 15.5. The first-order chi connectivity index (χ1) is 7.15. The summed E-state index contributed by atoms with van der Waals surface area (Å²) in [4.78, 5) is 12.9. The van der Waals surface area contributed by atoms with Gasteiger partial charge >= 0.3 is 6.09 Å². The first-order valence-electron chi connectivity index (χ1n) is 4.62. The number of nitrogen functional groups attached to an aromatic ring is 1. The van der Waals surface area contributed by atoms with Crippen LogP contribution in [0.4, 0.5) is 10.5 Å². The highest BCUT2D eigenvalue weighted by molar-refractivity contribution is 9.10. The summed E-state index contributed by atoms with van der Waals surface area (Å²) in [5, 5.41) is 0. The molecule has 0 unspecified atom stereocenters. The van der Waals surface area contributed by atoms with Crippen molar-refractivity contribution < 1.29 is 9.53 Å². The van der Waals surface area contributed by atoms with Crippen molar-refractivity contribution in [1.29, 1.82) is 0 Å². The molecule has 0 spiro atoms. The van der Waals surface area contributed by atoms with Crippen molar-refractivity contribution in [3.8, 4) is 0 Å². The predicted octanol–water partition coefficient (Wildman–Crippen LogP) is 1.98. The highest BCUT2D eigenvalue weighted by Crippen LogP contribution is 2.19. The summed E-state index contributed by atoms with van der Waals surface area (Å²) in [5.41, 5.74) is 7.39. The smallest absolute Gasteiger partial charge is 0.410 e. The summed E-state index contributed by atoms with van der Waals surface area (Å²) < 4.78 is 5.76. The van der Waals surface area contributed by atoms with Gasteiger partial charge in [-0.3, -0.25) is 0 Å². The summed E-state index contributed by atoms with van der Waals surface area (Å²) in [5.74, 6) is 0. The molecule has 1 aromatic carbocycles. The van der Waals surface area contributed by atoms with E-state index >= 15 is 0 Å². The van der Waals surface area contributed by atoms with Crippen LogP contribution >= 0.6 is 15.9 Å². The van der Waals surface area contributed by atoms with Crippen LogP contribution in [-0.4, -0.2) is 24.1 Å². The molecule has 0 saturated carbocycles. The fourth-order valence-corrected chi connectivity index (χ4v) is 2.11. The Bertz CT molecular complexity index is 375. The second kappa shape index (κ2) is 4.10. The molecule has 1 heterocycles. The molecular weight excluding hydrogens is 260 g/mol. The molecule has 0 bridgehead atoms. The number of hydrogen-bond donors (Lipinski definition) is 1. The van der Waals surface area contributed by atoms with E-state index in [2.05, 4.69) is 15.9 Å². The Morgan fingerprint density at radius 2 is 2.27 bits per heavy atom. The first-order valence-corrected chi connectivity index (χ1v) is 5.41. The molecule has 0 radical (unpaired) electrons. The molecule has 1 amide bonds. The molecule has 1 aliphatic heterocycles. The zero-order chi connectivity index (χ0) is 10.8. The number of amides is 1. The van der Waals surface area contributed by atoms with E-state index in [4.69, 9.17) is 10.5 Å². The van der Waals surface area contributed by atoms with Crippen molar-refractivity contribution in [3.05, 3.63) is 28.2 Å². The van der Waals surface area contributed by atoms with Crippen molar-refractivity contribution in [2.24, 2.45) is 0 Å². The number of ether oxygens (including phenoxy) is 1. The number of nitrogens with zero attached hydrogens (tertiary/aromatic N) is 1. The van der Waals surface area contributed by atoms with Gasteiger partial charge in [-0.1, -0.05) is 15.9 Å². The fraction of sp³-hybridized carbons (Fsp3) is 0.300. The van der Waals surface area contributed by atoms with Crippen LogP contribution in [0.5, 0.6) is 0 Å². The number of carbonyl (C=O) groups excluding carboxylic acids is 1. The summed E-state index contributed by atoms with van der Waals surface area (Å²) in [6, 6.07) is 5.63. The lowest BCUT2D eigenvalue weighted by atomic mass is 10.2. The molecule has 2 rings (SSSR count). The van der Waals surface area contributed by atoms with Crippen LogP contribution in [0.25, 0.3) is 0 Å². The summed E-state index contributed by atoms with van der Waals surface area (Å²) in [6.07, 6.45) is -0.256. The van der Waals surface area contributed by atoms with E-state index in [0.717, 1.165) is 10.0 Å². The molecular formula is C10H11BrN2O2. The van der Waals surface area contributed by atoms with Crippen LogP contribution in [0.2, 0.25) is 0 Å². The van der Waals surface area contributed by atoms with E-state index in [9.17, 15) is 4.79 Å². The van der Waals surface area contributed by atoms with Gasteiger partial charge in [0.15, 0.2) is 0 Å². The van der Waals surface area contributed by atoms with Crippen LogP contribution in [0.3, 0.4) is 0 Å². The van der Waals surface area contributed by atoms with Gasteiger partial charge in [0.2, 0.25) is 0 Å². The third-order valence-electron chi connectivity index (χ3n) is 2.20. The minimum Gasteiger partial charge on any atom is -0.448 e. The van der Waals surface area contributed by atoms with E-state index < -0.39 is 0 Å². The van der Waals surface area contributed by atoms with E-state index in [1.165, 1.54) is 0 Å². The zero-order valence-corrected chi connectivity index (χ0v) is 9.66. The molecule has 0 aliphatic carbocycles. The maximum absolute atomic E-state index is 11.2. The van der Waals surface area contributed by atoms with E-state index in [0.29, 0.717) is 25.4 Å². The number of anilines is 1. The van der Waals surface area contributed by atoms with Crippen LogP contribution in [0.15, 0.2) is 22.7 Å². The van der Waals surface area contributed by atoms with E-state index in [1.807, 2.05) is 18.2 Å². The summed E-state index contributed by atoms with van der Waals surface area (Å²) >= 11 is 3.36. The lowest BCUT2D eigenvalue weighted by Crippen LogP contribution is -2.23. The Labute approximate surface area is 96.1 Å². The molecule has 0 atom stereocenters. The Hall–Kier alpha value is -1.23. The summed E-state index contributed by atoms with van der Waals surface area (Å²) in [6.45, 7) is 1.66. The van der Waals surface area contributed by atoms with Gasteiger partial charge < -0.3 is 15.4 Å². The van der Waals surface area contributed by atoms with Gasteiger partial charge in [-0.25, -0.2) is 4.79 Å². The molecule has 15 heavy (non-hydrogen) atoms. The molecule has 0 aromatic heterocycles.